The van der Waals surface area contributed by atoms with Gasteiger partial charge in [-0.15, -0.1) is 0 Å². The SMILES string of the molecule is CN1CCN(C)CC(C)(N=Cc2ccccc2O)C1. The lowest BCUT2D eigenvalue weighted by Gasteiger charge is -2.28. The Hall–Kier alpha value is -1.39. The van der Waals surface area contributed by atoms with Gasteiger partial charge in [-0.1, -0.05) is 12.1 Å². The molecule has 1 aliphatic rings. The van der Waals surface area contributed by atoms with Crippen molar-refractivity contribution in [1.29, 1.82) is 0 Å². The number of aliphatic imine (C=N–C) groups is 1. The first-order valence-corrected chi connectivity index (χ1v) is 6.69. The molecule has 0 spiro atoms. The second kappa shape index (κ2) is 5.72. The molecule has 4 nitrogen and oxygen atoms in total. The van der Waals surface area contributed by atoms with E-state index in [9.17, 15) is 5.11 Å². The highest BCUT2D eigenvalue weighted by atomic mass is 16.3. The van der Waals surface area contributed by atoms with Crippen molar-refractivity contribution in [3.8, 4) is 5.75 Å². The lowest BCUT2D eigenvalue weighted by molar-refractivity contribution is 0.280. The van der Waals surface area contributed by atoms with Crippen LogP contribution in [0.3, 0.4) is 0 Å². The van der Waals surface area contributed by atoms with E-state index in [4.69, 9.17) is 4.99 Å². The first kappa shape index (κ1) is 14.0. The molecule has 0 radical (unpaired) electrons. The molecule has 0 aliphatic carbocycles. The molecule has 2 rings (SSSR count). The van der Waals surface area contributed by atoms with Crippen molar-refractivity contribution in [1.82, 2.24) is 9.80 Å². The van der Waals surface area contributed by atoms with E-state index in [1.165, 1.54) is 0 Å². The van der Waals surface area contributed by atoms with Crippen LogP contribution in [0, 0.1) is 0 Å². The van der Waals surface area contributed by atoms with Crippen molar-refractivity contribution in [2.45, 2.75) is 12.5 Å². The number of aromatic hydroxyl groups is 1. The molecule has 0 atom stereocenters. The van der Waals surface area contributed by atoms with Gasteiger partial charge < -0.3 is 14.9 Å². The van der Waals surface area contributed by atoms with Crippen LogP contribution in [0.1, 0.15) is 12.5 Å². The molecule has 1 aliphatic heterocycles. The molecule has 1 fully saturated rings. The van der Waals surface area contributed by atoms with Gasteiger partial charge in [0.15, 0.2) is 0 Å². The lowest BCUT2D eigenvalue weighted by Crippen LogP contribution is -2.41. The zero-order valence-corrected chi connectivity index (χ0v) is 12.0. The van der Waals surface area contributed by atoms with E-state index in [1.54, 1.807) is 12.3 Å². The highest BCUT2D eigenvalue weighted by Gasteiger charge is 2.29. The standard InChI is InChI=1S/C15H23N3O/c1-15(11-17(2)8-9-18(3)12-15)16-10-13-6-4-5-7-14(13)19/h4-7,10,19H,8-9,11-12H2,1-3H3. The summed E-state index contributed by atoms with van der Waals surface area (Å²) in [5.41, 5.74) is 0.640. The monoisotopic (exact) mass is 261 g/mol. The van der Waals surface area contributed by atoms with Gasteiger partial charge in [-0.25, -0.2) is 0 Å². The molecule has 19 heavy (non-hydrogen) atoms. The zero-order chi connectivity index (χ0) is 13.9. The highest BCUT2D eigenvalue weighted by molar-refractivity contribution is 5.83. The summed E-state index contributed by atoms with van der Waals surface area (Å²) in [6, 6.07) is 7.30. The molecule has 104 valence electrons. The van der Waals surface area contributed by atoms with E-state index in [0.29, 0.717) is 0 Å². The Morgan fingerprint density at radius 1 is 1.16 bits per heavy atom. The molecular weight excluding hydrogens is 238 g/mol. The Bertz CT molecular complexity index is 446. The molecule has 1 heterocycles. The largest absolute Gasteiger partial charge is 0.507 e. The fourth-order valence-electron chi connectivity index (χ4n) is 2.62. The first-order chi connectivity index (χ1) is 8.98. The average molecular weight is 261 g/mol. The Morgan fingerprint density at radius 3 is 2.32 bits per heavy atom. The summed E-state index contributed by atoms with van der Waals surface area (Å²) < 4.78 is 0. The van der Waals surface area contributed by atoms with Crippen molar-refractivity contribution in [2.75, 3.05) is 40.3 Å². The Labute approximate surface area is 115 Å². The van der Waals surface area contributed by atoms with Crippen LogP contribution in [0.15, 0.2) is 29.3 Å². The number of rotatable bonds is 2. The van der Waals surface area contributed by atoms with Crippen molar-refractivity contribution >= 4 is 6.21 Å². The molecule has 1 aromatic rings. The van der Waals surface area contributed by atoms with E-state index in [-0.39, 0.29) is 11.3 Å². The third kappa shape index (κ3) is 3.78. The fraction of sp³-hybridized carbons (Fsp3) is 0.533. The highest BCUT2D eigenvalue weighted by Crippen LogP contribution is 2.19. The third-order valence-electron chi connectivity index (χ3n) is 3.54. The Balaban J connectivity index is 2.17. The van der Waals surface area contributed by atoms with Crippen LogP contribution in [0.5, 0.6) is 5.75 Å². The van der Waals surface area contributed by atoms with Gasteiger partial charge >= 0.3 is 0 Å². The summed E-state index contributed by atoms with van der Waals surface area (Å²) in [4.78, 5) is 9.36. The number of hydrogen-bond acceptors (Lipinski definition) is 4. The molecule has 0 bridgehead atoms. The lowest BCUT2D eigenvalue weighted by atomic mass is 10.0. The average Bonchev–Trinajstić information content (AvgIpc) is 2.47. The fourth-order valence-corrected chi connectivity index (χ4v) is 2.62. The maximum absolute atomic E-state index is 9.77. The van der Waals surface area contributed by atoms with Gasteiger partial charge in [0.25, 0.3) is 0 Å². The van der Waals surface area contributed by atoms with Crippen LogP contribution in [-0.2, 0) is 0 Å². The smallest absolute Gasteiger partial charge is 0.124 e. The van der Waals surface area contributed by atoms with Gasteiger partial charge in [-0.05, 0) is 33.2 Å². The number of likely N-dealkylation sites (N-methyl/N-ethyl adjacent to an activating group) is 2. The van der Waals surface area contributed by atoms with E-state index in [0.717, 1.165) is 31.7 Å². The zero-order valence-electron chi connectivity index (χ0n) is 12.0. The van der Waals surface area contributed by atoms with Crippen LogP contribution >= 0.6 is 0 Å². The number of phenols is 1. The molecular formula is C15H23N3O. The maximum atomic E-state index is 9.77. The Kier molecular flexibility index (Phi) is 4.22. The van der Waals surface area contributed by atoms with Crippen molar-refractivity contribution in [3.63, 3.8) is 0 Å². The van der Waals surface area contributed by atoms with Crippen molar-refractivity contribution < 1.29 is 5.11 Å². The molecule has 1 aromatic carbocycles. The summed E-state index contributed by atoms with van der Waals surface area (Å²) in [7, 11) is 4.26. The van der Waals surface area contributed by atoms with E-state index >= 15 is 0 Å². The van der Waals surface area contributed by atoms with Gasteiger partial charge in [0.2, 0.25) is 0 Å². The number of benzene rings is 1. The first-order valence-electron chi connectivity index (χ1n) is 6.69. The second-order valence-corrected chi connectivity index (χ2v) is 5.79. The quantitative estimate of drug-likeness (QED) is 0.819. The van der Waals surface area contributed by atoms with E-state index < -0.39 is 0 Å². The summed E-state index contributed by atoms with van der Waals surface area (Å²) in [5, 5.41) is 9.77. The Morgan fingerprint density at radius 2 is 1.74 bits per heavy atom. The predicted molar refractivity (Wildman–Crippen MR) is 79.1 cm³/mol. The molecule has 0 aromatic heterocycles. The van der Waals surface area contributed by atoms with Gasteiger partial charge in [-0.2, -0.15) is 0 Å². The number of nitrogens with zero attached hydrogens (tertiary/aromatic N) is 3. The number of para-hydroxylation sites is 1. The van der Waals surface area contributed by atoms with E-state index in [1.807, 2.05) is 18.2 Å². The van der Waals surface area contributed by atoms with Crippen LogP contribution in [-0.4, -0.2) is 66.9 Å². The minimum absolute atomic E-state index is 0.137. The number of phenolic OH excluding ortho intramolecular Hbond substituents is 1. The second-order valence-electron chi connectivity index (χ2n) is 5.79. The van der Waals surface area contributed by atoms with Crippen LogP contribution < -0.4 is 0 Å². The van der Waals surface area contributed by atoms with E-state index in [2.05, 4.69) is 30.8 Å². The summed E-state index contributed by atoms with van der Waals surface area (Å²) in [6.45, 7) is 6.17. The maximum Gasteiger partial charge on any atom is 0.124 e. The van der Waals surface area contributed by atoms with Gasteiger partial charge in [-0.3, -0.25) is 4.99 Å². The molecule has 1 N–H and O–H groups in total. The minimum atomic E-state index is -0.137. The van der Waals surface area contributed by atoms with Crippen molar-refractivity contribution in [3.05, 3.63) is 29.8 Å². The molecule has 1 saturated heterocycles. The van der Waals surface area contributed by atoms with Crippen LogP contribution in [0.4, 0.5) is 0 Å². The molecule has 0 unspecified atom stereocenters. The number of hydrogen-bond donors (Lipinski definition) is 1. The van der Waals surface area contributed by atoms with Gasteiger partial charge in [0, 0.05) is 38.0 Å². The van der Waals surface area contributed by atoms with Gasteiger partial charge in [0.1, 0.15) is 5.75 Å². The molecule has 0 saturated carbocycles. The van der Waals surface area contributed by atoms with Gasteiger partial charge in [0.05, 0.1) is 5.54 Å². The van der Waals surface area contributed by atoms with Crippen molar-refractivity contribution in [2.24, 2.45) is 4.99 Å². The normalized spacial score (nSPS) is 21.6. The summed E-state index contributed by atoms with van der Waals surface area (Å²) in [6.07, 6.45) is 1.79. The van der Waals surface area contributed by atoms with Crippen LogP contribution in [0.2, 0.25) is 0 Å². The minimum Gasteiger partial charge on any atom is -0.507 e. The topological polar surface area (TPSA) is 39.1 Å². The summed E-state index contributed by atoms with van der Waals surface area (Å²) in [5.74, 6) is 0.283. The third-order valence-corrected chi connectivity index (χ3v) is 3.54. The predicted octanol–water partition coefficient (Wildman–Crippen LogP) is 1.45. The molecule has 4 heteroatoms. The van der Waals surface area contributed by atoms with Crippen LogP contribution in [0.25, 0.3) is 0 Å². The molecule has 0 amide bonds. The summed E-state index contributed by atoms with van der Waals surface area (Å²) >= 11 is 0.